The first-order valence-electron chi connectivity index (χ1n) is 9.83. The van der Waals surface area contributed by atoms with Gasteiger partial charge in [-0.2, -0.15) is 0 Å². The molecule has 0 aliphatic carbocycles. The highest BCUT2D eigenvalue weighted by Gasteiger charge is 2.16. The lowest BCUT2D eigenvalue weighted by Crippen LogP contribution is -2.33. The number of nitrogens with zero attached hydrogens (tertiary/aromatic N) is 2. The highest BCUT2D eigenvalue weighted by Crippen LogP contribution is 2.12. The molecule has 172 valence electrons. The van der Waals surface area contributed by atoms with Gasteiger partial charge < -0.3 is 28.7 Å². The summed E-state index contributed by atoms with van der Waals surface area (Å²) >= 11 is 0. The Bertz CT molecular complexity index is 463. The number of rotatable bonds is 12. The summed E-state index contributed by atoms with van der Waals surface area (Å²) in [4.78, 5) is 30.5. The fourth-order valence-corrected chi connectivity index (χ4v) is 2.41. The third-order valence-corrected chi connectivity index (χ3v) is 4.05. The first-order chi connectivity index (χ1) is 12.9. The Hall–Kier alpha value is -2.16. The van der Waals surface area contributed by atoms with Gasteiger partial charge in [-0.3, -0.25) is 19.6 Å². The number of nitrogens with two attached hydrogens (primary N) is 5. The molecule has 0 radical (unpaired) electrons. The summed E-state index contributed by atoms with van der Waals surface area (Å²) in [5.41, 5.74) is 26.3. The summed E-state index contributed by atoms with van der Waals surface area (Å²) in [7, 11) is 0. The van der Waals surface area contributed by atoms with Crippen LogP contribution in [0.5, 0.6) is 0 Å². The molecular weight excluding hydrogens is 370 g/mol. The molecule has 10 N–H and O–H groups in total. The maximum Gasteiger partial charge on any atom is 0.185 e. The van der Waals surface area contributed by atoms with Crippen molar-refractivity contribution in [1.29, 1.82) is 0 Å². The molecule has 29 heavy (non-hydrogen) atoms. The number of aliphatic imine (C=N–C) groups is 2. The maximum atomic E-state index is 11.5. The van der Waals surface area contributed by atoms with Crippen molar-refractivity contribution in [3.05, 3.63) is 0 Å². The molecule has 0 aromatic rings. The first kappa shape index (κ1) is 31.5. The van der Waals surface area contributed by atoms with Crippen LogP contribution in [0, 0.1) is 17.8 Å². The number of guanidine groups is 2. The Morgan fingerprint density at radius 2 is 1.10 bits per heavy atom. The number of Topliss-reactive ketones (excluding diaryl/α,β-unsaturated/α-hetero) is 2. The first-order valence-corrected chi connectivity index (χ1v) is 9.83. The molecule has 0 spiro atoms. The topological polar surface area (TPSA) is 189 Å². The minimum Gasteiger partial charge on any atom is -0.370 e. The molecule has 0 aliphatic rings. The molecule has 2 atom stereocenters. The van der Waals surface area contributed by atoms with Crippen molar-refractivity contribution in [1.82, 2.24) is 0 Å². The maximum absolute atomic E-state index is 11.5. The zero-order valence-corrected chi connectivity index (χ0v) is 18.1. The summed E-state index contributed by atoms with van der Waals surface area (Å²) in [5, 5.41) is 0. The Kier molecular flexibility index (Phi) is 19.5. The van der Waals surface area contributed by atoms with Crippen LogP contribution in [0.15, 0.2) is 9.98 Å². The zero-order valence-electron chi connectivity index (χ0n) is 18.1. The van der Waals surface area contributed by atoms with E-state index < -0.39 is 0 Å². The Balaban J connectivity index is -0.000000451. The molecule has 0 saturated heterocycles. The SMILES string of the molecule is C.CC(C)C(=O)[C@@H](N)CCCN=C(N)N.CC(C)C(=O)[C@H](C)CCCN=C(N)N. The number of ketones is 2. The smallest absolute Gasteiger partial charge is 0.185 e. The number of hydrogen-bond donors (Lipinski definition) is 5. The van der Waals surface area contributed by atoms with Crippen LogP contribution in [0.4, 0.5) is 0 Å². The minimum atomic E-state index is -0.385. The monoisotopic (exact) mass is 415 g/mol. The van der Waals surface area contributed by atoms with Gasteiger partial charge in [0.2, 0.25) is 0 Å². The van der Waals surface area contributed by atoms with Crippen LogP contribution in [-0.2, 0) is 9.59 Å². The molecule has 0 aromatic heterocycles. The van der Waals surface area contributed by atoms with Crippen molar-refractivity contribution in [2.75, 3.05) is 13.1 Å². The molecule has 0 heterocycles. The van der Waals surface area contributed by atoms with Crippen LogP contribution in [-0.4, -0.2) is 42.6 Å². The van der Waals surface area contributed by atoms with E-state index in [0.717, 1.165) is 19.3 Å². The van der Waals surface area contributed by atoms with Gasteiger partial charge in [0.25, 0.3) is 0 Å². The molecule has 0 unspecified atom stereocenters. The van der Waals surface area contributed by atoms with E-state index in [1.807, 2.05) is 34.6 Å². The summed E-state index contributed by atoms with van der Waals surface area (Å²) in [6.07, 6.45) is 3.08. The second-order valence-corrected chi connectivity index (χ2v) is 7.52. The van der Waals surface area contributed by atoms with Crippen molar-refractivity contribution < 1.29 is 9.59 Å². The molecule has 0 rings (SSSR count). The van der Waals surface area contributed by atoms with E-state index in [1.165, 1.54) is 0 Å². The third-order valence-electron chi connectivity index (χ3n) is 4.05. The van der Waals surface area contributed by atoms with Crippen molar-refractivity contribution in [3.63, 3.8) is 0 Å². The van der Waals surface area contributed by atoms with Crippen LogP contribution >= 0.6 is 0 Å². The Labute approximate surface area is 176 Å². The summed E-state index contributed by atoms with van der Waals surface area (Å²) in [6, 6.07) is -0.385. The Morgan fingerprint density at radius 1 is 0.724 bits per heavy atom. The van der Waals surface area contributed by atoms with Crippen LogP contribution < -0.4 is 28.7 Å². The quantitative estimate of drug-likeness (QED) is 0.179. The normalized spacial score (nSPS) is 12.1. The molecule has 0 aromatic carbocycles. The van der Waals surface area contributed by atoms with Crippen LogP contribution in [0.2, 0.25) is 0 Å². The molecule has 0 aliphatic heterocycles. The average molecular weight is 416 g/mol. The van der Waals surface area contributed by atoms with Crippen molar-refractivity contribution in [2.45, 2.75) is 73.8 Å². The fourth-order valence-electron chi connectivity index (χ4n) is 2.41. The van der Waals surface area contributed by atoms with Gasteiger partial charge >= 0.3 is 0 Å². The summed E-state index contributed by atoms with van der Waals surface area (Å²) in [6.45, 7) is 10.6. The second kappa shape index (κ2) is 17.9. The molecule has 9 nitrogen and oxygen atoms in total. The predicted octanol–water partition coefficient (Wildman–Crippen LogP) is 1.13. The van der Waals surface area contributed by atoms with Gasteiger partial charge in [-0.05, 0) is 25.7 Å². The van der Waals surface area contributed by atoms with E-state index in [-0.39, 0.29) is 48.9 Å². The zero-order chi connectivity index (χ0) is 22.3. The second-order valence-electron chi connectivity index (χ2n) is 7.52. The Morgan fingerprint density at radius 3 is 1.45 bits per heavy atom. The lowest BCUT2D eigenvalue weighted by atomic mass is 9.93. The van der Waals surface area contributed by atoms with E-state index in [4.69, 9.17) is 28.7 Å². The van der Waals surface area contributed by atoms with E-state index in [2.05, 4.69) is 9.98 Å². The molecule has 0 bridgehead atoms. The van der Waals surface area contributed by atoms with Crippen LogP contribution in [0.1, 0.15) is 67.7 Å². The minimum absolute atomic E-state index is 0. The van der Waals surface area contributed by atoms with Gasteiger partial charge in [0.05, 0.1) is 6.04 Å². The summed E-state index contributed by atoms with van der Waals surface area (Å²) < 4.78 is 0. The van der Waals surface area contributed by atoms with Gasteiger partial charge in [0, 0.05) is 30.8 Å². The van der Waals surface area contributed by atoms with Gasteiger partial charge in [-0.15, -0.1) is 0 Å². The number of hydrogen-bond acceptors (Lipinski definition) is 5. The summed E-state index contributed by atoms with van der Waals surface area (Å²) in [5.74, 6) is 0.830. The molecule has 0 amide bonds. The van der Waals surface area contributed by atoms with Gasteiger partial charge in [0.15, 0.2) is 17.7 Å². The lowest BCUT2D eigenvalue weighted by molar-refractivity contribution is -0.125. The number of carbonyl (C=O) groups excluding carboxylic acids is 2. The van der Waals surface area contributed by atoms with Gasteiger partial charge in [-0.1, -0.05) is 42.0 Å². The van der Waals surface area contributed by atoms with Crippen LogP contribution in [0.3, 0.4) is 0 Å². The molecule has 0 saturated carbocycles. The molecule has 0 fully saturated rings. The molecule has 9 heteroatoms. The third kappa shape index (κ3) is 18.9. The van der Waals surface area contributed by atoms with Crippen molar-refractivity contribution >= 4 is 23.5 Å². The van der Waals surface area contributed by atoms with Gasteiger partial charge in [-0.25, -0.2) is 0 Å². The standard InChI is InChI=1S/C10H21N3O.C9H20N4O.CH4/c1-7(2)9(14)8(3)5-4-6-13-10(11)12;1-6(2)8(14)7(10)4-3-5-13-9(11)12;/h7-8H,4-6H2,1-3H3,(H4,11,12,13);6-7H,3-5,10H2,1-2H3,(H4,11,12,13);1H4/t8-;7-;/m10./s1. The lowest BCUT2D eigenvalue weighted by Gasteiger charge is -2.11. The highest BCUT2D eigenvalue weighted by molar-refractivity contribution is 5.85. The molecular formula is C20H45N7O2. The van der Waals surface area contributed by atoms with Crippen molar-refractivity contribution in [2.24, 2.45) is 56.4 Å². The van der Waals surface area contributed by atoms with E-state index in [0.29, 0.717) is 25.3 Å². The number of carbonyl (C=O) groups is 2. The van der Waals surface area contributed by atoms with E-state index >= 15 is 0 Å². The highest BCUT2D eigenvalue weighted by atomic mass is 16.1. The fraction of sp³-hybridized carbons (Fsp3) is 0.800. The largest absolute Gasteiger partial charge is 0.370 e. The predicted molar refractivity (Wildman–Crippen MR) is 123 cm³/mol. The van der Waals surface area contributed by atoms with E-state index in [1.54, 1.807) is 0 Å². The van der Waals surface area contributed by atoms with E-state index in [9.17, 15) is 9.59 Å². The van der Waals surface area contributed by atoms with Gasteiger partial charge in [0.1, 0.15) is 5.78 Å². The van der Waals surface area contributed by atoms with Crippen LogP contribution in [0.25, 0.3) is 0 Å². The van der Waals surface area contributed by atoms with Crippen molar-refractivity contribution in [3.8, 4) is 0 Å². The average Bonchev–Trinajstić information content (AvgIpc) is 2.60.